The lowest BCUT2D eigenvalue weighted by molar-refractivity contribution is 0.0943. The van der Waals surface area contributed by atoms with E-state index in [4.69, 9.17) is 0 Å². The second kappa shape index (κ2) is 6.86. The van der Waals surface area contributed by atoms with Crippen LogP contribution in [0.4, 0.5) is 10.1 Å². The molecule has 4 nitrogen and oxygen atoms in total. The number of amides is 1. The standard InChI is InChI=1S/C18H22FN3O/c1-2-15-5-8-17(21-15)18(23)20-11-13-9-10-22(12-13)16-6-3-14(19)4-7-16/h3-8,13,21H,2,9-12H2,1H3,(H,20,23). The number of rotatable bonds is 5. The highest BCUT2D eigenvalue weighted by molar-refractivity contribution is 5.92. The Labute approximate surface area is 135 Å². The predicted octanol–water partition coefficient (Wildman–Crippen LogP) is 2.97. The maximum Gasteiger partial charge on any atom is 0.267 e. The molecule has 1 fully saturated rings. The summed E-state index contributed by atoms with van der Waals surface area (Å²) in [6.45, 7) is 4.54. The Hall–Kier alpha value is -2.30. The van der Waals surface area contributed by atoms with Crippen LogP contribution in [-0.4, -0.2) is 30.5 Å². The summed E-state index contributed by atoms with van der Waals surface area (Å²) >= 11 is 0. The third kappa shape index (κ3) is 3.73. The van der Waals surface area contributed by atoms with Gasteiger partial charge in [-0.3, -0.25) is 4.79 Å². The van der Waals surface area contributed by atoms with Gasteiger partial charge in [0.2, 0.25) is 0 Å². The number of aromatic nitrogens is 1. The first-order chi connectivity index (χ1) is 11.2. The van der Waals surface area contributed by atoms with Crippen molar-refractivity contribution >= 4 is 11.6 Å². The Bertz CT molecular complexity index is 665. The molecule has 1 aliphatic heterocycles. The van der Waals surface area contributed by atoms with Crippen LogP contribution in [0.5, 0.6) is 0 Å². The number of hydrogen-bond donors (Lipinski definition) is 2. The van der Waals surface area contributed by atoms with Gasteiger partial charge in [0.1, 0.15) is 11.5 Å². The van der Waals surface area contributed by atoms with Crippen LogP contribution in [0.2, 0.25) is 0 Å². The number of nitrogens with zero attached hydrogens (tertiary/aromatic N) is 1. The molecule has 122 valence electrons. The molecule has 1 amide bonds. The van der Waals surface area contributed by atoms with E-state index in [1.807, 2.05) is 24.3 Å². The van der Waals surface area contributed by atoms with E-state index in [1.165, 1.54) is 12.1 Å². The summed E-state index contributed by atoms with van der Waals surface area (Å²) in [5, 5.41) is 3.00. The highest BCUT2D eigenvalue weighted by Gasteiger charge is 2.23. The number of aryl methyl sites for hydroxylation is 1. The van der Waals surface area contributed by atoms with E-state index in [0.717, 1.165) is 37.3 Å². The number of aromatic amines is 1. The molecule has 0 bridgehead atoms. The van der Waals surface area contributed by atoms with E-state index in [1.54, 1.807) is 0 Å². The molecule has 0 saturated carbocycles. The highest BCUT2D eigenvalue weighted by atomic mass is 19.1. The molecule has 23 heavy (non-hydrogen) atoms. The van der Waals surface area contributed by atoms with Gasteiger partial charge in [0.25, 0.3) is 5.91 Å². The Balaban J connectivity index is 1.50. The summed E-state index contributed by atoms with van der Waals surface area (Å²) in [6.07, 6.45) is 1.92. The minimum Gasteiger partial charge on any atom is -0.371 e. The molecular weight excluding hydrogens is 293 g/mol. The molecule has 1 aromatic heterocycles. The molecule has 1 saturated heterocycles. The molecule has 2 aromatic rings. The van der Waals surface area contributed by atoms with Gasteiger partial charge >= 0.3 is 0 Å². The van der Waals surface area contributed by atoms with Gasteiger partial charge in [-0.15, -0.1) is 0 Å². The zero-order valence-corrected chi connectivity index (χ0v) is 13.3. The first kappa shape index (κ1) is 15.6. The SMILES string of the molecule is CCc1ccc(C(=O)NCC2CCN(c3ccc(F)cc3)C2)[nH]1. The third-order valence-electron chi connectivity index (χ3n) is 4.40. The van der Waals surface area contributed by atoms with E-state index >= 15 is 0 Å². The van der Waals surface area contributed by atoms with Gasteiger partial charge in [0, 0.05) is 31.0 Å². The Kier molecular flexibility index (Phi) is 4.65. The lowest BCUT2D eigenvalue weighted by Gasteiger charge is -2.18. The topological polar surface area (TPSA) is 48.1 Å². The fraction of sp³-hybridized carbons (Fsp3) is 0.389. The fourth-order valence-electron chi connectivity index (χ4n) is 3.00. The zero-order valence-electron chi connectivity index (χ0n) is 13.3. The average molecular weight is 315 g/mol. The number of benzene rings is 1. The number of anilines is 1. The van der Waals surface area contributed by atoms with Gasteiger partial charge in [-0.2, -0.15) is 0 Å². The summed E-state index contributed by atoms with van der Waals surface area (Å²) < 4.78 is 13.0. The van der Waals surface area contributed by atoms with Crippen molar-refractivity contribution in [1.29, 1.82) is 0 Å². The first-order valence-electron chi connectivity index (χ1n) is 8.12. The first-order valence-corrected chi connectivity index (χ1v) is 8.12. The predicted molar refractivity (Wildman–Crippen MR) is 89.2 cm³/mol. The van der Waals surface area contributed by atoms with Crippen LogP contribution in [0.1, 0.15) is 29.5 Å². The molecular formula is C18H22FN3O. The Morgan fingerprint density at radius 1 is 1.30 bits per heavy atom. The molecule has 2 heterocycles. The van der Waals surface area contributed by atoms with Crippen molar-refractivity contribution in [3.05, 3.63) is 53.6 Å². The van der Waals surface area contributed by atoms with E-state index in [2.05, 4.69) is 22.1 Å². The monoisotopic (exact) mass is 315 g/mol. The van der Waals surface area contributed by atoms with Gasteiger partial charge < -0.3 is 15.2 Å². The third-order valence-corrected chi connectivity index (χ3v) is 4.40. The number of carbonyl (C=O) groups is 1. The highest BCUT2D eigenvalue weighted by Crippen LogP contribution is 2.23. The largest absolute Gasteiger partial charge is 0.371 e. The molecule has 1 unspecified atom stereocenters. The van der Waals surface area contributed by atoms with Crippen LogP contribution in [0, 0.1) is 11.7 Å². The van der Waals surface area contributed by atoms with Crippen LogP contribution >= 0.6 is 0 Å². The quantitative estimate of drug-likeness (QED) is 0.891. The van der Waals surface area contributed by atoms with Crippen LogP contribution < -0.4 is 10.2 Å². The van der Waals surface area contributed by atoms with Crippen molar-refractivity contribution in [1.82, 2.24) is 10.3 Å². The summed E-state index contributed by atoms with van der Waals surface area (Å²) in [5.41, 5.74) is 2.73. The van der Waals surface area contributed by atoms with Gasteiger partial charge in [-0.1, -0.05) is 6.92 Å². The van der Waals surface area contributed by atoms with Crippen LogP contribution in [0.15, 0.2) is 36.4 Å². The van der Waals surface area contributed by atoms with E-state index in [9.17, 15) is 9.18 Å². The van der Waals surface area contributed by atoms with Crippen molar-refractivity contribution in [3.8, 4) is 0 Å². The maximum absolute atomic E-state index is 13.0. The van der Waals surface area contributed by atoms with Crippen LogP contribution in [0.25, 0.3) is 0 Å². The van der Waals surface area contributed by atoms with E-state index in [-0.39, 0.29) is 11.7 Å². The van der Waals surface area contributed by atoms with Gasteiger partial charge in [-0.25, -0.2) is 4.39 Å². The molecule has 1 aliphatic rings. The lowest BCUT2D eigenvalue weighted by atomic mass is 10.1. The number of halogens is 1. The minimum absolute atomic E-state index is 0.0510. The summed E-state index contributed by atoms with van der Waals surface area (Å²) in [6, 6.07) is 10.4. The molecule has 0 radical (unpaired) electrons. The van der Waals surface area contributed by atoms with Gasteiger partial charge in [0.05, 0.1) is 0 Å². The van der Waals surface area contributed by atoms with Crippen molar-refractivity contribution in [2.75, 3.05) is 24.5 Å². The number of nitrogens with one attached hydrogen (secondary N) is 2. The molecule has 3 rings (SSSR count). The number of hydrogen-bond acceptors (Lipinski definition) is 2. The summed E-state index contributed by atoms with van der Waals surface area (Å²) in [4.78, 5) is 17.5. The lowest BCUT2D eigenvalue weighted by Crippen LogP contribution is -2.31. The van der Waals surface area contributed by atoms with Crippen LogP contribution in [0.3, 0.4) is 0 Å². The van der Waals surface area contributed by atoms with Crippen molar-refractivity contribution < 1.29 is 9.18 Å². The molecule has 0 spiro atoms. The minimum atomic E-state index is -0.214. The molecule has 1 aromatic carbocycles. The van der Waals surface area contributed by atoms with Crippen LogP contribution in [-0.2, 0) is 6.42 Å². The summed E-state index contributed by atoms with van der Waals surface area (Å²) in [5.74, 6) is 0.156. The molecule has 1 atom stereocenters. The average Bonchev–Trinajstić information content (AvgIpc) is 3.22. The van der Waals surface area contributed by atoms with Crippen molar-refractivity contribution in [2.45, 2.75) is 19.8 Å². The molecule has 2 N–H and O–H groups in total. The molecule has 5 heteroatoms. The van der Waals surface area contributed by atoms with E-state index in [0.29, 0.717) is 18.2 Å². The molecule has 0 aliphatic carbocycles. The van der Waals surface area contributed by atoms with Crippen molar-refractivity contribution in [3.63, 3.8) is 0 Å². The second-order valence-electron chi connectivity index (χ2n) is 6.04. The summed E-state index contributed by atoms with van der Waals surface area (Å²) in [7, 11) is 0. The van der Waals surface area contributed by atoms with Gasteiger partial charge in [0.15, 0.2) is 0 Å². The van der Waals surface area contributed by atoms with E-state index < -0.39 is 0 Å². The number of H-pyrrole nitrogens is 1. The maximum atomic E-state index is 13.0. The second-order valence-corrected chi connectivity index (χ2v) is 6.04. The van der Waals surface area contributed by atoms with Crippen molar-refractivity contribution in [2.24, 2.45) is 5.92 Å². The normalized spacial score (nSPS) is 17.5. The smallest absolute Gasteiger partial charge is 0.267 e. The fourth-order valence-corrected chi connectivity index (χ4v) is 3.00. The Morgan fingerprint density at radius 3 is 2.78 bits per heavy atom. The van der Waals surface area contributed by atoms with Gasteiger partial charge in [-0.05, 0) is 55.2 Å². The Morgan fingerprint density at radius 2 is 2.09 bits per heavy atom. The zero-order chi connectivity index (χ0) is 16.2. The number of carbonyl (C=O) groups excluding carboxylic acids is 1.